The molecule has 22 heavy (non-hydrogen) atoms. The second-order valence-corrected chi connectivity index (χ2v) is 9.05. The molecule has 3 aliphatic rings. The van der Waals surface area contributed by atoms with Crippen LogP contribution < -0.4 is 0 Å². The molecule has 0 spiro atoms. The highest BCUT2D eigenvalue weighted by atomic mass is 16.3. The molecule has 0 aliphatic heterocycles. The van der Waals surface area contributed by atoms with E-state index in [1.54, 1.807) is 5.57 Å². The van der Waals surface area contributed by atoms with Crippen molar-refractivity contribution in [2.75, 3.05) is 6.61 Å². The van der Waals surface area contributed by atoms with Crippen molar-refractivity contribution in [1.29, 1.82) is 0 Å². The minimum Gasteiger partial charge on any atom is -0.396 e. The Balaban J connectivity index is 1.69. The van der Waals surface area contributed by atoms with Crippen LogP contribution in [-0.4, -0.2) is 11.7 Å². The fourth-order valence-electron chi connectivity index (χ4n) is 6.24. The molecule has 0 heterocycles. The van der Waals surface area contributed by atoms with Crippen LogP contribution in [0.25, 0.3) is 0 Å². The standard InChI is InChI=1S/C21H36O/c1-15-6-7-17(13-15)8-9-18-5-4-12-21(3)19(16(2)14-22)10-11-20(18)21/h9,15-17,19-20,22H,4-8,10-14H2,1-3H3. The van der Waals surface area contributed by atoms with Gasteiger partial charge in [0.2, 0.25) is 0 Å². The second-order valence-electron chi connectivity index (χ2n) is 9.05. The molecule has 0 aromatic heterocycles. The number of aliphatic hydroxyl groups is 1. The maximum absolute atomic E-state index is 9.62. The van der Waals surface area contributed by atoms with Crippen molar-refractivity contribution in [3.05, 3.63) is 11.6 Å². The first-order chi connectivity index (χ1) is 10.5. The third-order valence-electron chi connectivity index (χ3n) is 7.53. The zero-order chi connectivity index (χ0) is 15.7. The van der Waals surface area contributed by atoms with E-state index in [2.05, 4.69) is 26.8 Å². The summed E-state index contributed by atoms with van der Waals surface area (Å²) in [5.74, 6) is 3.95. The molecular weight excluding hydrogens is 268 g/mol. The van der Waals surface area contributed by atoms with Crippen LogP contribution in [0.4, 0.5) is 0 Å². The molecule has 6 unspecified atom stereocenters. The van der Waals surface area contributed by atoms with E-state index in [1.807, 2.05) is 0 Å². The van der Waals surface area contributed by atoms with Crippen LogP contribution >= 0.6 is 0 Å². The molecule has 3 aliphatic carbocycles. The first-order valence-electron chi connectivity index (χ1n) is 9.84. The van der Waals surface area contributed by atoms with E-state index in [0.717, 1.165) is 23.7 Å². The summed E-state index contributed by atoms with van der Waals surface area (Å²) in [6, 6.07) is 0. The Morgan fingerprint density at radius 3 is 2.77 bits per heavy atom. The van der Waals surface area contributed by atoms with Crippen LogP contribution in [0.1, 0.15) is 78.6 Å². The van der Waals surface area contributed by atoms with Crippen LogP contribution in [-0.2, 0) is 0 Å². The van der Waals surface area contributed by atoms with Crippen LogP contribution in [0.5, 0.6) is 0 Å². The maximum atomic E-state index is 9.62. The molecule has 0 saturated heterocycles. The Hall–Kier alpha value is -0.300. The summed E-state index contributed by atoms with van der Waals surface area (Å²) in [4.78, 5) is 0. The van der Waals surface area contributed by atoms with E-state index in [0.29, 0.717) is 17.9 Å². The van der Waals surface area contributed by atoms with E-state index in [9.17, 15) is 5.11 Å². The van der Waals surface area contributed by atoms with Gasteiger partial charge in [0.05, 0.1) is 0 Å². The van der Waals surface area contributed by atoms with Gasteiger partial charge in [-0.3, -0.25) is 0 Å². The van der Waals surface area contributed by atoms with E-state index in [1.165, 1.54) is 57.8 Å². The number of aliphatic hydroxyl groups excluding tert-OH is 1. The molecule has 1 nitrogen and oxygen atoms in total. The van der Waals surface area contributed by atoms with Gasteiger partial charge >= 0.3 is 0 Å². The summed E-state index contributed by atoms with van der Waals surface area (Å²) in [7, 11) is 0. The van der Waals surface area contributed by atoms with Gasteiger partial charge in [-0.15, -0.1) is 0 Å². The molecule has 1 heteroatoms. The van der Waals surface area contributed by atoms with Gasteiger partial charge in [-0.2, -0.15) is 0 Å². The summed E-state index contributed by atoms with van der Waals surface area (Å²) in [6.45, 7) is 7.58. The molecule has 0 bridgehead atoms. The Labute approximate surface area is 137 Å². The predicted molar refractivity (Wildman–Crippen MR) is 93.6 cm³/mol. The van der Waals surface area contributed by atoms with E-state index >= 15 is 0 Å². The fraction of sp³-hybridized carbons (Fsp3) is 0.905. The highest BCUT2D eigenvalue weighted by Crippen LogP contribution is 2.59. The third-order valence-corrected chi connectivity index (χ3v) is 7.53. The van der Waals surface area contributed by atoms with Gasteiger partial charge in [0.15, 0.2) is 0 Å². The minimum atomic E-state index is 0.367. The lowest BCUT2D eigenvalue weighted by atomic mass is 9.61. The molecule has 0 radical (unpaired) electrons. The quantitative estimate of drug-likeness (QED) is 0.672. The summed E-state index contributed by atoms with van der Waals surface area (Å²) in [6.07, 6.45) is 15.2. The molecule has 3 rings (SSSR count). The molecule has 3 saturated carbocycles. The van der Waals surface area contributed by atoms with Gasteiger partial charge in [0.1, 0.15) is 0 Å². The van der Waals surface area contributed by atoms with E-state index in [4.69, 9.17) is 0 Å². The van der Waals surface area contributed by atoms with Crippen LogP contribution in [0.2, 0.25) is 0 Å². The third kappa shape index (κ3) is 3.03. The first-order valence-corrected chi connectivity index (χ1v) is 9.84. The number of fused-ring (bicyclic) bond motifs is 1. The molecular formula is C21H36O. The van der Waals surface area contributed by atoms with Gasteiger partial charge in [-0.25, -0.2) is 0 Å². The van der Waals surface area contributed by atoms with Gasteiger partial charge in [0, 0.05) is 6.61 Å². The average molecular weight is 305 g/mol. The van der Waals surface area contributed by atoms with Crippen molar-refractivity contribution < 1.29 is 5.11 Å². The van der Waals surface area contributed by atoms with Crippen molar-refractivity contribution in [3.8, 4) is 0 Å². The van der Waals surface area contributed by atoms with Crippen LogP contribution in [0, 0.1) is 35.0 Å². The number of allylic oxidation sites excluding steroid dienone is 2. The Morgan fingerprint density at radius 1 is 1.27 bits per heavy atom. The topological polar surface area (TPSA) is 20.2 Å². The van der Waals surface area contributed by atoms with Gasteiger partial charge in [-0.1, -0.05) is 38.8 Å². The van der Waals surface area contributed by atoms with E-state index in [-0.39, 0.29) is 0 Å². The molecule has 3 fully saturated rings. The molecule has 1 N–H and O–H groups in total. The zero-order valence-electron chi connectivity index (χ0n) is 15.0. The van der Waals surface area contributed by atoms with Gasteiger partial charge < -0.3 is 5.11 Å². The summed E-state index contributed by atoms with van der Waals surface area (Å²) in [5.41, 5.74) is 2.26. The van der Waals surface area contributed by atoms with Crippen molar-refractivity contribution in [3.63, 3.8) is 0 Å². The Morgan fingerprint density at radius 2 is 2.09 bits per heavy atom. The van der Waals surface area contributed by atoms with Crippen molar-refractivity contribution in [2.24, 2.45) is 35.0 Å². The Kier molecular flexibility index (Phi) is 5.02. The van der Waals surface area contributed by atoms with E-state index < -0.39 is 0 Å². The van der Waals surface area contributed by atoms with Crippen LogP contribution in [0.3, 0.4) is 0 Å². The first kappa shape index (κ1) is 16.6. The summed E-state index contributed by atoms with van der Waals surface area (Å²) in [5, 5.41) is 9.62. The largest absolute Gasteiger partial charge is 0.396 e. The Bertz CT molecular complexity index is 412. The summed E-state index contributed by atoms with van der Waals surface area (Å²) < 4.78 is 0. The normalized spacial score (nSPS) is 45.2. The lowest BCUT2D eigenvalue weighted by Crippen LogP contribution is -2.36. The van der Waals surface area contributed by atoms with Crippen molar-refractivity contribution in [2.45, 2.75) is 78.6 Å². The van der Waals surface area contributed by atoms with Crippen molar-refractivity contribution >= 4 is 0 Å². The second kappa shape index (κ2) is 6.67. The van der Waals surface area contributed by atoms with Crippen molar-refractivity contribution in [1.82, 2.24) is 0 Å². The lowest BCUT2D eigenvalue weighted by molar-refractivity contribution is 0.0687. The van der Waals surface area contributed by atoms with Gasteiger partial charge in [-0.05, 0) is 86.4 Å². The number of hydrogen-bond donors (Lipinski definition) is 1. The smallest absolute Gasteiger partial charge is 0.0459 e. The SMILES string of the molecule is CC1CCC(CC=C2CCCC3(C)C2CCC3C(C)CO)C1. The minimum absolute atomic E-state index is 0.367. The highest BCUT2D eigenvalue weighted by Gasteiger charge is 2.50. The molecule has 0 amide bonds. The lowest BCUT2D eigenvalue weighted by Gasteiger charge is -2.44. The zero-order valence-corrected chi connectivity index (χ0v) is 15.0. The maximum Gasteiger partial charge on any atom is 0.0459 e. The molecule has 6 atom stereocenters. The monoisotopic (exact) mass is 304 g/mol. The summed E-state index contributed by atoms with van der Waals surface area (Å²) >= 11 is 0. The molecule has 0 aromatic rings. The van der Waals surface area contributed by atoms with Crippen LogP contribution in [0.15, 0.2) is 11.6 Å². The number of rotatable bonds is 4. The average Bonchev–Trinajstić information content (AvgIpc) is 3.07. The number of hydrogen-bond acceptors (Lipinski definition) is 1. The predicted octanol–water partition coefficient (Wildman–Crippen LogP) is 5.58. The highest BCUT2D eigenvalue weighted by molar-refractivity contribution is 5.19. The fourth-order valence-corrected chi connectivity index (χ4v) is 6.24. The molecule has 0 aromatic carbocycles. The van der Waals surface area contributed by atoms with Gasteiger partial charge in [0.25, 0.3) is 0 Å². The molecule has 126 valence electrons.